The summed E-state index contributed by atoms with van der Waals surface area (Å²) in [6.07, 6.45) is 6.66. The Balaban J connectivity index is 1.79. The zero-order chi connectivity index (χ0) is 11.5. The average molecular weight is 240 g/mol. The Morgan fingerprint density at radius 3 is 2.71 bits per heavy atom. The van der Waals surface area contributed by atoms with Gasteiger partial charge in [0.15, 0.2) is 11.9 Å². The molecule has 5 rings (SSSR count). The quantitative estimate of drug-likeness (QED) is 0.609. The van der Waals surface area contributed by atoms with Crippen LogP contribution in [0, 0.1) is 11.8 Å². The molecule has 1 spiro atoms. The van der Waals surface area contributed by atoms with Crippen LogP contribution in [0.4, 0.5) is 0 Å². The topological polar surface area (TPSA) is 36.9 Å². The van der Waals surface area contributed by atoms with Crippen LogP contribution in [0.3, 0.4) is 0 Å². The van der Waals surface area contributed by atoms with E-state index in [9.17, 15) is 0 Å². The molecule has 5 aliphatic rings. The zero-order valence-electron chi connectivity index (χ0n) is 10.3. The van der Waals surface area contributed by atoms with E-state index in [2.05, 4.69) is 0 Å². The summed E-state index contributed by atoms with van der Waals surface area (Å²) < 4.78 is 11.9. The third-order valence-electron chi connectivity index (χ3n) is 5.15. The smallest absolute Gasteiger partial charge is 0.201 e. The Labute approximate surface area is 101 Å². The highest BCUT2D eigenvalue weighted by molar-refractivity contribution is 5.05. The van der Waals surface area contributed by atoms with Crippen molar-refractivity contribution in [2.75, 3.05) is 6.61 Å². The number of hydrogen-bond acceptors (Lipinski definition) is 4. The SMILES string of the molecule is C[C@@]12CC[C@H]3CCCC4CCO[C@H](O1)[C@]43OO2. The van der Waals surface area contributed by atoms with Crippen LogP contribution in [0.2, 0.25) is 0 Å². The van der Waals surface area contributed by atoms with E-state index >= 15 is 0 Å². The van der Waals surface area contributed by atoms with Crippen molar-refractivity contribution >= 4 is 0 Å². The maximum atomic E-state index is 6.06. The lowest BCUT2D eigenvalue weighted by Crippen LogP contribution is -2.65. The van der Waals surface area contributed by atoms with E-state index < -0.39 is 5.79 Å². The van der Waals surface area contributed by atoms with E-state index in [1.807, 2.05) is 6.92 Å². The van der Waals surface area contributed by atoms with Gasteiger partial charge in [-0.1, -0.05) is 6.42 Å². The van der Waals surface area contributed by atoms with Crippen molar-refractivity contribution in [3.8, 4) is 0 Å². The molecule has 1 aliphatic carbocycles. The summed E-state index contributed by atoms with van der Waals surface area (Å²) in [6.45, 7) is 2.76. The van der Waals surface area contributed by atoms with E-state index in [-0.39, 0.29) is 11.9 Å². The highest BCUT2D eigenvalue weighted by atomic mass is 17.3. The van der Waals surface area contributed by atoms with Crippen LogP contribution >= 0.6 is 0 Å². The van der Waals surface area contributed by atoms with Crippen molar-refractivity contribution in [2.24, 2.45) is 11.8 Å². The van der Waals surface area contributed by atoms with Gasteiger partial charge in [-0.15, -0.1) is 0 Å². The second-order valence-corrected chi connectivity index (χ2v) is 6.13. The van der Waals surface area contributed by atoms with Gasteiger partial charge in [0.05, 0.1) is 6.61 Å². The lowest BCUT2D eigenvalue weighted by Gasteiger charge is -2.55. The molecule has 4 saturated heterocycles. The molecule has 0 aromatic carbocycles. The molecule has 0 aromatic heterocycles. The molecule has 4 heteroatoms. The molecule has 4 nitrogen and oxygen atoms in total. The van der Waals surface area contributed by atoms with Gasteiger partial charge in [-0.25, -0.2) is 9.78 Å². The Bertz CT molecular complexity index is 331. The Hall–Kier alpha value is -0.160. The fraction of sp³-hybridized carbons (Fsp3) is 1.00. The molecular weight excluding hydrogens is 220 g/mol. The van der Waals surface area contributed by atoms with Crippen LogP contribution in [0.5, 0.6) is 0 Å². The molecule has 1 saturated carbocycles. The molecule has 0 amide bonds. The van der Waals surface area contributed by atoms with Crippen molar-refractivity contribution in [2.45, 2.75) is 63.1 Å². The van der Waals surface area contributed by atoms with E-state index in [0.29, 0.717) is 11.8 Å². The Kier molecular flexibility index (Phi) is 2.17. The molecule has 0 N–H and O–H groups in total. The second-order valence-electron chi connectivity index (χ2n) is 6.13. The normalized spacial score (nSPS) is 57.4. The maximum Gasteiger partial charge on any atom is 0.201 e. The minimum absolute atomic E-state index is 0.215. The van der Waals surface area contributed by atoms with Crippen LogP contribution in [-0.4, -0.2) is 24.3 Å². The summed E-state index contributed by atoms with van der Waals surface area (Å²) in [4.78, 5) is 11.5. The third-order valence-corrected chi connectivity index (χ3v) is 5.15. The van der Waals surface area contributed by atoms with Crippen LogP contribution < -0.4 is 0 Å². The largest absolute Gasteiger partial charge is 0.349 e. The zero-order valence-corrected chi connectivity index (χ0v) is 10.3. The second kappa shape index (κ2) is 3.44. The van der Waals surface area contributed by atoms with E-state index in [1.165, 1.54) is 19.3 Å². The van der Waals surface area contributed by atoms with Crippen LogP contribution in [-0.2, 0) is 19.2 Å². The monoisotopic (exact) mass is 240 g/mol. The van der Waals surface area contributed by atoms with Crippen molar-refractivity contribution in [1.82, 2.24) is 0 Å². The van der Waals surface area contributed by atoms with Gasteiger partial charge >= 0.3 is 0 Å². The molecule has 2 bridgehead atoms. The maximum absolute atomic E-state index is 6.06. The van der Waals surface area contributed by atoms with Gasteiger partial charge in [0.2, 0.25) is 5.79 Å². The lowest BCUT2D eigenvalue weighted by atomic mass is 9.65. The molecule has 96 valence electrons. The summed E-state index contributed by atoms with van der Waals surface area (Å²) in [5.41, 5.74) is -0.313. The van der Waals surface area contributed by atoms with Gasteiger partial charge in [-0.3, -0.25) is 0 Å². The minimum Gasteiger partial charge on any atom is -0.349 e. The standard InChI is InChI=1S/C13H20O4/c1-12-7-5-9-3-2-4-10-6-8-14-11(15-12)13(9,10)17-16-12/h9-11H,2-8H2,1H3/t9-,10?,11-,12-,13-/m1/s1. The van der Waals surface area contributed by atoms with Gasteiger partial charge in [0.1, 0.15) is 0 Å². The number of rotatable bonds is 0. The van der Waals surface area contributed by atoms with E-state index in [0.717, 1.165) is 25.9 Å². The summed E-state index contributed by atoms with van der Waals surface area (Å²) in [6, 6.07) is 0. The molecule has 5 fully saturated rings. The Morgan fingerprint density at radius 1 is 1.00 bits per heavy atom. The first-order chi connectivity index (χ1) is 8.23. The number of fused-ring (bicyclic) bond motifs is 2. The fourth-order valence-electron chi connectivity index (χ4n) is 4.21. The van der Waals surface area contributed by atoms with Crippen LogP contribution in [0.15, 0.2) is 0 Å². The molecule has 4 heterocycles. The van der Waals surface area contributed by atoms with E-state index in [1.54, 1.807) is 0 Å². The molecule has 1 unspecified atom stereocenters. The molecule has 4 aliphatic heterocycles. The first kappa shape index (κ1) is 10.7. The van der Waals surface area contributed by atoms with Crippen molar-refractivity contribution in [3.63, 3.8) is 0 Å². The number of ether oxygens (including phenoxy) is 2. The van der Waals surface area contributed by atoms with Gasteiger partial charge < -0.3 is 9.47 Å². The minimum atomic E-state index is -0.602. The fourth-order valence-corrected chi connectivity index (χ4v) is 4.21. The highest BCUT2D eigenvalue weighted by Crippen LogP contribution is 2.56. The third kappa shape index (κ3) is 1.33. The summed E-state index contributed by atoms with van der Waals surface area (Å²) in [5, 5.41) is 0. The molecule has 5 atom stereocenters. The van der Waals surface area contributed by atoms with Crippen LogP contribution in [0.25, 0.3) is 0 Å². The van der Waals surface area contributed by atoms with Gasteiger partial charge in [-0.2, -0.15) is 0 Å². The van der Waals surface area contributed by atoms with Crippen molar-refractivity contribution in [1.29, 1.82) is 0 Å². The Morgan fingerprint density at radius 2 is 1.82 bits per heavy atom. The molecule has 17 heavy (non-hydrogen) atoms. The molecule has 0 aromatic rings. The van der Waals surface area contributed by atoms with Gasteiger partial charge in [0, 0.05) is 6.42 Å². The predicted octanol–water partition coefficient (Wildman–Crippen LogP) is 2.38. The average Bonchev–Trinajstić information content (AvgIpc) is 2.56. The lowest BCUT2D eigenvalue weighted by molar-refractivity contribution is -0.562. The predicted molar refractivity (Wildman–Crippen MR) is 58.8 cm³/mol. The van der Waals surface area contributed by atoms with Crippen molar-refractivity contribution < 1.29 is 19.2 Å². The summed E-state index contributed by atoms with van der Waals surface area (Å²) in [7, 11) is 0. The van der Waals surface area contributed by atoms with Crippen LogP contribution in [0.1, 0.15) is 45.4 Å². The van der Waals surface area contributed by atoms with Crippen molar-refractivity contribution in [3.05, 3.63) is 0 Å². The molecule has 0 radical (unpaired) electrons. The number of hydrogen-bond donors (Lipinski definition) is 0. The first-order valence-corrected chi connectivity index (χ1v) is 6.89. The van der Waals surface area contributed by atoms with E-state index in [4.69, 9.17) is 19.2 Å². The van der Waals surface area contributed by atoms with Gasteiger partial charge in [-0.05, 0) is 44.4 Å². The van der Waals surface area contributed by atoms with Gasteiger partial charge in [0.25, 0.3) is 0 Å². The summed E-state index contributed by atoms with van der Waals surface area (Å²) >= 11 is 0. The highest BCUT2D eigenvalue weighted by Gasteiger charge is 2.65. The molecular formula is C13H20O4. The summed E-state index contributed by atoms with van der Waals surface area (Å²) in [5.74, 6) is 0.480. The first-order valence-electron chi connectivity index (χ1n) is 6.89.